The molecule has 1 aliphatic carbocycles. The second kappa shape index (κ2) is 4.90. The zero-order valence-corrected chi connectivity index (χ0v) is 11.7. The lowest BCUT2D eigenvalue weighted by Gasteiger charge is -2.43. The van der Waals surface area contributed by atoms with Gasteiger partial charge >= 0.3 is 0 Å². The Hall–Kier alpha value is -1.06. The fraction of sp³-hybridized carbons (Fsp3) is 0.857. The molecule has 4 heteroatoms. The monoisotopic (exact) mass is 252 g/mol. The molecule has 2 unspecified atom stereocenters. The molecule has 102 valence electrons. The molecule has 2 fully saturated rings. The first-order valence-corrected chi connectivity index (χ1v) is 7.11. The van der Waals surface area contributed by atoms with E-state index < -0.39 is 5.54 Å². The number of carbonyl (C=O) groups is 2. The van der Waals surface area contributed by atoms with Gasteiger partial charge in [0.25, 0.3) is 0 Å². The molecule has 0 aromatic rings. The van der Waals surface area contributed by atoms with Gasteiger partial charge in [-0.3, -0.25) is 9.59 Å². The summed E-state index contributed by atoms with van der Waals surface area (Å²) < 4.78 is 0. The number of carbonyl (C=O) groups excluding carboxylic acids is 2. The van der Waals surface area contributed by atoms with Crippen LogP contribution >= 0.6 is 0 Å². The lowest BCUT2D eigenvalue weighted by molar-refractivity contribution is -0.154. The van der Waals surface area contributed by atoms with E-state index in [1.54, 1.807) is 4.90 Å². The van der Waals surface area contributed by atoms with Crippen LogP contribution in [0.15, 0.2) is 0 Å². The van der Waals surface area contributed by atoms with Crippen LogP contribution in [0.4, 0.5) is 0 Å². The molecule has 2 aliphatic rings. The molecule has 4 nitrogen and oxygen atoms in total. The zero-order chi connectivity index (χ0) is 13.3. The second-order valence-corrected chi connectivity index (χ2v) is 5.94. The van der Waals surface area contributed by atoms with E-state index in [0.717, 1.165) is 18.9 Å². The van der Waals surface area contributed by atoms with Gasteiger partial charge in [-0.25, -0.2) is 0 Å². The highest BCUT2D eigenvalue weighted by molar-refractivity contribution is 5.99. The van der Waals surface area contributed by atoms with Gasteiger partial charge < -0.3 is 10.2 Å². The Labute approximate surface area is 109 Å². The highest BCUT2D eigenvalue weighted by Gasteiger charge is 2.45. The molecule has 1 heterocycles. The largest absolute Gasteiger partial charge is 0.340 e. The lowest BCUT2D eigenvalue weighted by Crippen LogP contribution is -2.68. The van der Waals surface area contributed by atoms with Crippen LogP contribution in [0, 0.1) is 5.92 Å². The van der Waals surface area contributed by atoms with E-state index in [1.165, 1.54) is 19.3 Å². The summed E-state index contributed by atoms with van der Waals surface area (Å²) in [6.45, 7) is 6.32. The van der Waals surface area contributed by atoms with Crippen LogP contribution in [-0.2, 0) is 9.59 Å². The van der Waals surface area contributed by atoms with Crippen LogP contribution in [0.3, 0.4) is 0 Å². The molecule has 0 aromatic heterocycles. The van der Waals surface area contributed by atoms with Crippen LogP contribution in [0.5, 0.6) is 0 Å². The molecule has 0 aromatic carbocycles. The topological polar surface area (TPSA) is 49.4 Å². The van der Waals surface area contributed by atoms with Gasteiger partial charge in [0.15, 0.2) is 0 Å². The van der Waals surface area contributed by atoms with E-state index in [9.17, 15) is 9.59 Å². The van der Waals surface area contributed by atoms with E-state index in [4.69, 9.17) is 0 Å². The highest BCUT2D eigenvalue weighted by atomic mass is 16.2. The Morgan fingerprint density at radius 1 is 1.39 bits per heavy atom. The fourth-order valence-corrected chi connectivity index (χ4v) is 2.70. The van der Waals surface area contributed by atoms with Crippen molar-refractivity contribution in [3.8, 4) is 0 Å². The summed E-state index contributed by atoms with van der Waals surface area (Å²) in [4.78, 5) is 26.2. The van der Waals surface area contributed by atoms with Crippen molar-refractivity contribution in [1.29, 1.82) is 0 Å². The molecule has 0 bridgehead atoms. The minimum Gasteiger partial charge on any atom is -0.340 e. The van der Waals surface area contributed by atoms with Crippen molar-refractivity contribution in [2.75, 3.05) is 6.54 Å². The predicted molar refractivity (Wildman–Crippen MR) is 70.0 cm³/mol. The van der Waals surface area contributed by atoms with E-state index in [2.05, 4.69) is 5.32 Å². The summed E-state index contributed by atoms with van der Waals surface area (Å²) in [5, 5.41) is 2.86. The van der Waals surface area contributed by atoms with Gasteiger partial charge in [-0.15, -0.1) is 0 Å². The predicted octanol–water partition coefficient (Wildman–Crippen LogP) is 1.69. The number of hydrogen-bond acceptors (Lipinski definition) is 2. The zero-order valence-electron chi connectivity index (χ0n) is 11.7. The Balaban J connectivity index is 2.04. The molecule has 2 amide bonds. The summed E-state index contributed by atoms with van der Waals surface area (Å²) >= 11 is 0. The average molecular weight is 252 g/mol. The smallest absolute Gasteiger partial charge is 0.248 e. The third-order valence-electron chi connectivity index (χ3n) is 4.69. The Kier molecular flexibility index (Phi) is 3.64. The van der Waals surface area contributed by atoms with Gasteiger partial charge in [0.1, 0.15) is 11.6 Å². The van der Waals surface area contributed by atoms with Crippen molar-refractivity contribution >= 4 is 11.8 Å². The number of piperazine rings is 1. The molecule has 2 atom stereocenters. The summed E-state index contributed by atoms with van der Waals surface area (Å²) in [7, 11) is 0. The van der Waals surface area contributed by atoms with Crippen LogP contribution < -0.4 is 5.32 Å². The van der Waals surface area contributed by atoms with Crippen molar-refractivity contribution in [2.45, 2.75) is 64.5 Å². The van der Waals surface area contributed by atoms with Gasteiger partial charge in [0.2, 0.25) is 11.8 Å². The van der Waals surface area contributed by atoms with E-state index in [1.807, 2.05) is 20.8 Å². The van der Waals surface area contributed by atoms with Gasteiger partial charge in [-0.2, -0.15) is 0 Å². The fourth-order valence-electron chi connectivity index (χ4n) is 2.70. The minimum absolute atomic E-state index is 0.0208. The third kappa shape index (κ3) is 2.25. The molecule has 1 N–H and O–H groups in total. The molecule has 1 aliphatic heterocycles. The number of nitrogens with zero attached hydrogens (tertiary/aromatic N) is 1. The van der Waals surface area contributed by atoms with Crippen molar-refractivity contribution < 1.29 is 9.59 Å². The van der Waals surface area contributed by atoms with Crippen LogP contribution in [0.25, 0.3) is 0 Å². The third-order valence-corrected chi connectivity index (χ3v) is 4.69. The first-order valence-electron chi connectivity index (χ1n) is 7.11. The molecule has 2 rings (SSSR count). The first kappa shape index (κ1) is 13.4. The maximum atomic E-state index is 12.5. The van der Waals surface area contributed by atoms with Gasteiger partial charge in [0.05, 0.1) is 0 Å². The molecular weight excluding hydrogens is 228 g/mol. The SMILES string of the molecule is CCC1(C)NC(=O)C(C)N(CCC2CCC2)C1=O. The van der Waals surface area contributed by atoms with Gasteiger partial charge in [-0.1, -0.05) is 26.2 Å². The van der Waals surface area contributed by atoms with Crippen LogP contribution in [0.1, 0.15) is 52.9 Å². The molecular formula is C14H24N2O2. The molecule has 18 heavy (non-hydrogen) atoms. The first-order chi connectivity index (χ1) is 8.48. The van der Waals surface area contributed by atoms with Crippen molar-refractivity contribution in [2.24, 2.45) is 5.92 Å². The van der Waals surface area contributed by atoms with Crippen molar-refractivity contribution in [1.82, 2.24) is 10.2 Å². The molecule has 1 saturated heterocycles. The molecule has 0 radical (unpaired) electrons. The second-order valence-electron chi connectivity index (χ2n) is 5.94. The maximum absolute atomic E-state index is 12.5. The van der Waals surface area contributed by atoms with Crippen LogP contribution in [0.2, 0.25) is 0 Å². The summed E-state index contributed by atoms with van der Waals surface area (Å²) in [6, 6.07) is -0.322. The number of nitrogens with one attached hydrogen (secondary N) is 1. The lowest BCUT2D eigenvalue weighted by atomic mass is 9.82. The Morgan fingerprint density at radius 2 is 2.06 bits per heavy atom. The Morgan fingerprint density at radius 3 is 2.56 bits per heavy atom. The number of hydrogen-bond donors (Lipinski definition) is 1. The summed E-state index contributed by atoms with van der Waals surface area (Å²) in [6.07, 6.45) is 5.58. The van der Waals surface area contributed by atoms with E-state index >= 15 is 0 Å². The highest BCUT2D eigenvalue weighted by Crippen LogP contribution is 2.30. The average Bonchev–Trinajstić information content (AvgIpc) is 2.29. The normalized spacial score (nSPS) is 33.3. The van der Waals surface area contributed by atoms with E-state index in [0.29, 0.717) is 6.42 Å². The summed E-state index contributed by atoms with van der Waals surface area (Å²) in [5.74, 6) is 0.826. The van der Waals surface area contributed by atoms with Crippen molar-refractivity contribution in [3.63, 3.8) is 0 Å². The van der Waals surface area contributed by atoms with Gasteiger partial charge in [0, 0.05) is 6.54 Å². The van der Waals surface area contributed by atoms with Crippen LogP contribution in [-0.4, -0.2) is 34.8 Å². The number of amides is 2. The standard InChI is InChI=1S/C14H24N2O2/c1-4-14(3)13(18)16(10(2)12(17)15-14)9-8-11-6-5-7-11/h10-11H,4-9H2,1-3H3,(H,15,17). The quantitative estimate of drug-likeness (QED) is 0.827. The minimum atomic E-state index is -0.705. The summed E-state index contributed by atoms with van der Waals surface area (Å²) in [5.41, 5.74) is -0.705. The molecule has 1 saturated carbocycles. The van der Waals surface area contributed by atoms with Gasteiger partial charge in [-0.05, 0) is 32.6 Å². The van der Waals surface area contributed by atoms with Crippen molar-refractivity contribution in [3.05, 3.63) is 0 Å². The molecule has 0 spiro atoms. The van der Waals surface area contributed by atoms with E-state index in [-0.39, 0.29) is 17.9 Å². The number of rotatable bonds is 4. The Bertz CT molecular complexity index is 352. The maximum Gasteiger partial charge on any atom is 0.248 e.